The highest BCUT2D eigenvalue weighted by molar-refractivity contribution is 9.10. The van der Waals surface area contributed by atoms with Crippen molar-refractivity contribution in [2.45, 2.75) is 45.6 Å². The lowest BCUT2D eigenvalue weighted by atomic mass is 10.1. The molecule has 1 nitrogen and oxygen atoms in total. The lowest BCUT2D eigenvalue weighted by molar-refractivity contribution is 0.586. The van der Waals surface area contributed by atoms with Crippen LogP contribution in [0.1, 0.15) is 39.5 Å². The van der Waals surface area contributed by atoms with E-state index in [4.69, 9.17) is 11.6 Å². The molecule has 16 heavy (non-hydrogen) atoms. The predicted octanol–water partition coefficient (Wildman–Crippen LogP) is 5.48. The number of hydrogen-bond donors (Lipinski definition) is 1. The van der Waals surface area contributed by atoms with E-state index in [1.165, 1.54) is 25.7 Å². The molecule has 1 aromatic rings. The SMILES string of the molecule is CCCC(CCC)Nc1ccc(Br)cc1Cl. The van der Waals surface area contributed by atoms with E-state index in [0.29, 0.717) is 6.04 Å². The molecule has 0 saturated carbocycles. The topological polar surface area (TPSA) is 12.0 Å². The monoisotopic (exact) mass is 303 g/mol. The average molecular weight is 305 g/mol. The second-order valence-corrected chi connectivity index (χ2v) is 5.37. The van der Waals surface area contributed by atoms with Gasteiger partial charge in [-0.15, -0.1) is 0 Å². The summed E-state index contributed by atoms with van der Waals surface area (Å²) < 4.78 is 1.02. The zero-order valence-electron chi connectivity index (χ0n) is 9.89. The number of anilines is 1. The van der Waals surface area contributed by atoms with Crippen LogP contribution in [0.4, 0.5) is 5.69 Å². The molecular formula is C13H19BrClN. The summed E-state index contributed by atoms with van der Waals surface area (Å²) >= 11 is 9.59. The highest BCUT2D eigenvalue weighted by Crippen LogP contribution is 2.27. The van der Waals surface area contributed by atoms with Crippen LogP contribution in [-0.4, -0.2) is 6.04 Å². The molecule has 0 saturated heterocycles. The lowest BCUT2D eigenvalue weighted by Crippen LogP contribution is -2.19. The van der Waals surface area contributed by atoms with Crippen molar-refractivity contribution in [3.05, 3.63) is 27.7 Å². The van der Waals surface area contributed by atoms with Crippen LogP contribution in [0.2, 0.25) is 5.02 Å². The van der Waals surface area contributed by atoms with Crippen molar-refractivity contribution in [2.75, 3.05) is 5.32 Å². The maximum atomic E-state index is 6.18. The van der Waals surface area contributed by atoms with E-state index in [-0.39, 0.29) is 0 Å². The first-order chi connectivity index (χ1) is 7.67. The van der Waals surface area contributed by atoms with Gasteiger partial charge in [0.15, 0.2) is 0 Å². The van der Waals surface area contributed by atoms with E-state index in [9.17, 15) is 0 Å². The van der Waals surface area contributed by atoms with Gasteiger partial charge in [0.05, 0.1) is 10.7 Å². The summed E-state index contributed by atoms with van der Waals surface area (Å²) in [5.74, 6) is 0. The fourth-order valence-electron chi connectivity index (χ4n) is 1.81. The van der Waals surface area contributed by atoms with Crippen LogP contribution in [0.3, 0.4) is 0 Å². The normalized spacial score (nSPS) is 10.8. The van der Waals surface area contributed by atoms with E-state index in [1.807, 2.05) is 18.2 Å². The van der Waals surface area contributed by atoms with Gasteiger partial charge >= 0.3 is 0 Å². The zero-order chi connectivity index (χ0) is 12.0. The summed E-state index contributed by atoms with van der Waals surface area (Å²) in [6.45, 7) is 4.43. The number of benzene rings is 1. The Hall–Kier alpha value is -0.210. The Balaban J connectivity index is 2.68. The lowest BCUT2D eigenvalue weighted by Gasteiger charge is -2.19. The third-order valence-electron chi connectivity index (χ3n) is 2.57. The molecule has 0 radical (unpaired) electrons. The van der Waals surface area contributed by atoms with Crippen LogP contribution in [0.5, 0.6) is 0 Å². The van der Waals surface area contributed by atoms with Crippen molar-refractivity contribution in [1.29, 1.82) is 0 Å². The molecule has 0 fully saturated rings. The number of rotatable bonds is 6. The highest BCUT2D eigenvalue weighted by atomic mass is 79.9. The molecule has 1 N–H and O–H groups in total. The smallest absolute Gasteiger partial charge is 0.0648 e. The number of hydrogen-bond acceptors (Lipinski definition) is 1. The van der Waals surface area contributed by atoms with E-state index in [2.05, 4.69) is 35.1 Å². The Morgan fingerprint density at radius 3 is 2.38 bits per heavy atom. The number of halogens is 2. The van der Waals surface area contributed by atoms with Gasteiger partial charge in [0.1, 0.15) is 0 Å². The van der Waals surface area contributed by atoms with Crippen LogP contribution in [-0.2, 0) is 0 Å². The van der Waals surface area contributed by atoms with Crippen molar-refractivity contribution in [3.8, 4) is 0 Å². The Kier molecular flexibility index (Phi) is 6.22. The number of nitrogens with one attached hydrogen (secondary N) is 1. The molecule has 0 aliphatic carbocycles. The molecule has 0 unspecified atom stereocenters. The van der Waals surface area contributed by atoms with Crippen LogP contribution >= 0.6 is 27.5 Å². The predicted molar refractivity (Wildman–Crippen MR) is 76.4 cm³/mol. The third-order valence-corrected chi connectivity index (χ3v) is 3.37. The van der Waals surface area contributed by atoms with Gasteiger partial charge in [-0.1, -0.05) is 54.2 Å². The summed E-state index contributed by atoms with van der Waals surface area (Å²) in [5.41, 5.74) is 1.04. The largest absolute Gasteiger partial charge is 0.381 e. The van der Waals surface area contributed by atoms with Crippen LogP contribution in [0.15, 0.2) is 22.7 Å². The van der Waals surface area contributed by atoms with Gasteiger partial charge in [0.2, 0.25) is 0 Å². The molecule has 0 amide bonds. The molecule has 0 atom stereocenters. The fourth-order valence-corrected chi connectivity index (χ4v) is 2.54. The molecule has 90 valence electrons. The average Bonchev–Trinajstić information content (AvgIpc) is 2.23. The Morgan fingerprint density at radius 1 is 1.25 bits per heavy atom. The van der Waals surface area contributed by atoms with Gasteiger partial charge in [-0.25, -0.2) is 0 Å². The Morgan fingerprint density at radius 2 is 1.88 bits per heavy atom. The van der Waals surface area contributed by atoms with Crippen molar-refractivity contribution >= 4 is 33.2 Å². The van der Waals surface area contributed by atoms with E-state index in [0.717, 1.165) is 15.2 Å². The van der Waals surface area contributed by atoms with Gasteiger partial charge in [-0.3, -0.25) is 0 Å². The van der Waals surface area contributed by atoms with Crippen LogP contribution < -0.4 is 5.32 Å². The summed E-state index contributed by atoms with van der Waals surface area (Å²) in [6.07, 6.45) is 4.79. The molecular weight excluding hydrogens is 286 g/mol. The van der Waals surface area contributed by atoms with Crippen LogP contribution in [0.25, 0.3) is 0 Å². The second kappa shape index (κ2) is 7.18. The maximum absolute atomic E-state index is 6.18. The van der Waals surface area contributed by atoms with E-state index < -0.39 is 0 Å². The molecule has 1 rings (SSSR count). The van der Waals surface area contributed by atoms with Gasteiger partial charge in [-0.05, 0) is 31.0 Å². The van der Waals surface area contributed by atoms with Crippen LogP contribution in [0, 0.1) is 0 Å². The minimum atomic E-state index is 0.536. The molecule has 0 aliphatic heterocycles. The first-order valence-electron chi connectivity index (χ1n) is 5.89. The molecule has 0 heterocycles. The van der Waals surface area contributed by atoms with Gasteiger partial charge in [0.25, 0.3) is 0 Å². The molecule has 0 spiro atoms. The fraction of sp³-hybridized carbons (Fsp3) is 0.538. The minimum Gasteiger partial charge on any atom is -0.381 e. The van der Waals surface area contributed by atoms with E-state index >= 15 is 0 Å². The quantitative estimate of drug-likeness (QED) is 0.733. The maximum Gasteiger partial charge on any atom is 0.0648 e. The first-order valence-corrected chi connectivity index (χ1v) is 7.06. The Bertz CT molecular complexity index is 322. The van der Waals surface area contributed by atoms with Gasteiger partial charge < -0.3 is 5.32 Å². The summed E-state index contributed by atoms with van der Waals surface area (Å²) in [5, 5.41) is 4.31. The van der Waals surface area contributed by atoms with Crippen molar-refractivity contribution in [2.24, 2.45) is 0 Å². The standard InChI is InChI=1S/C13H19BrClN/c1-3-5-11(6-4-2)16-13-8-7-10(14)9-12(13)15/h7-9,11,16H,3-6H2,1-2H3. The molecule has 1 aromatic carbocycles. The minimum absolute atomic E-state index is 0.536. The first kappa shape index (κ1) is 13.9. The zero-order valence-corrected chi connectivity index (χ0v) is 12.2. The highest BCUT2D eigenvalue weighted by Gasteiger charge is 2.08. The Labute approximate surface area is 112 Å². The van der Waals surface area contributed by atoms with Crippen molar-refractivity contribution in [1.82, 2.24) is 0 Å². The van der Waals surface area contributed by atoms with Gasteiger partial charge in [-0.2, -0.15) is 0 Å². The van der Waals surface area contributed by atoms with Crippen molar-refractivity contribution in [3.63, 3.8) is 0 Å². The second-order valence-electron chi connectivity index (χ2n) is 4.04. The molecule has 0 bridgehead atoms. The van der Waals surface area contributed by atoms with Crippen molar-refractivity contribution < 1.29 is 0 Å². The van der Waals surface area contributed by atoms with E-state index in [1.54, 1.807) is 0 Å². The molecule has 3 heteroatoms. The third kappa shape index (κ3) is 4.34. The summed E-state index contributed by atoms with van der Waals surface area (Å²) in [6, 6.07) is 6.51. The summed E-state index contributed by atoms with van der Waals surface area (Å²) in [4.78, 5) is 0. The molecule has 0 aromatic heterocycles. The van der Waals surface area contributed by atoms with Gasteiger partial charge in [0, 0.05) is 10.5 Å². The summed E-state index contributed by atoms with van der Waals surface area (Å²) in [7, 11) is 0. The molecule has 0 aliphatic rings.